The lowest BCUT2D eigenvalue weighted by Crippen LogP contribution is -2.27. The summed E-state index contributed by atoms with van der Waals surface area (Å²) in [6.07, 6.45) is 4.90. The van der Waals surface area contributed by atoms with Crippen LogP contribution in [0.1, 0.15) is 24.1 Å². The summed E-state index contributed by atoms with van der Waals surface area (Å²) in [7, 11) is 1.91. The monoisotopic (exact) mass is 289 g/mol. The maximum Gasteiger partial charge on any atom is 0.262 e. The molecule has 0 bridgehead atoms. The van der Waals surface area contributed by atoms with E-state index in [-0.39, 0.29) is 17.5 Å². The van der Waals surface area contributed by atoms with Gasteiger partial charge >= 0.3 is 0 Å². The lowest BCUT2D eigenvalue weighted by molar-refractivity contribution is -0.117. The predicted molar refractivity (Wildman–Crippen MR) is 89.0 cm³/mol. The Kier molecular flexibility index (Phi) is 5.10. The number of hydrogen-bond donors (Lipinski definition) is 1. The number of hydrogen-bond acceptors (Lipinski definition) is 3. The van der Waals surface area contributed by atoms with Gasteiger partial charge < -0.3 is 5.32 Å². The standard InChI is InChI=1S/C17H16BN3O/c1-12(14-5-3-2-4-6-14)21-17(22)15(9-19)7-13-8-16(18)11-20-10-13/h2-8,10-12H,18H2,1H3,(H,21,22)/b15-7+/t12-/m0/s1. The van der Waals surface area contributed by atoms with Crippen LogP contribution in [0.3, 0.4) is 0 Å². The highest BCUT2D eigenvalue weighted by atomic mass is 16.1. The van der Waals surface area contributed by atoms with Crippen LogP contribution in [0, 0.1) is 11.3 Å². The second kappa shape index (κ2) is 7.23. The highest BCUT2D eigenvalue weighted by Crippen LogP contribution is 2.12. The van der Waals surface area contributed by atoms with E-state index in [1.165, 1.54) is 0 Å². The number of amides is 1. The van der Waals surface area contributed by atoms with Crippen molar-refractivity contribution in [2.45, 2.75) is 13.0 Å². The van der Waals surface area contributed by atoms with Gasteiger partial charge in [0.25, 0.3) is 5.91 Å². The summed E-state index contributed by atoms with van der Waals surface area (Å²) >= 11 is 0. The molecule has 0 saturated carbocycles. The molecule has 1 aromatic heterocycles. The Bertz CT molecular complexity index is 735. The topological polar surface area (TPSA) is 65.8 Å². The molecule has 5 heteroatoms. The molecule has 0 unspecified atom stereocenters. The van der Waals surface area contributed by atoms with Crippen LogP contribution in [0.4, 0.5) is 0 Å². The Labute approximate surface area is 130 Å². The van der Waals surface area contributed by atoms with Crippen molar-refractivity contribution < 1.29 is 4.79 Å². The number of carbonyl (C=O) groups excluding carboxylic acids is 1. The number of nitrogens with one attached hydrogen (secondary N) is 1. The highest BCUT2D eigenvalue weighted by Gasteiger charge is 2.13. The van der Waals surface area contributed by atoms with Gasteiger partial charge in [-0.2, -0.15) is 5.26 Å². The van der Waals surface area contributed by atoms with Gasteiger partial charge in [0, 0.05) is 12.4 Å². The SMILES string of the molecule is Bc1cncc(/C=C(\C#N)C(=O)N[C@@H](C)c2ccccc2)c1. The molecule has 0 spiro atoms. The molecule has 1 N–H and O–H groups in total. The Morgan fingerprint density at radius 3 is 2.73 bits per heavy atom. The second-order valence-corrected chi connectivity index (χ2v) is 5.07. The van der Waals surface area contributed by atoms with E-state index < -0.39 is 0 Å². The van der Waals surface area contributed by atoms with E-state index in [1.807, 2.05) is 57.2 Å². The van der Waals surface area contributed by atoms with Crippen molar-refractivity contribution in [3.63, 3.8) is 0 Å². The van der Waals surface area contributed by atoms with Crippen molar-refractivity contribution in [3.05, 3.63) is 65.5 Å². The number of aromatic nitrogens is 1. The largest absolute Gasteiger partial charge is 0.345 e. The lowest BCUT2D eigenvalue weighted by Gasteiger charge is -2.13. The first-order chi connectivity index (χ1) is 10.6. The van der Waals surface area contributed by atoms with Gasteiger partial charge in [-0.15, -0.1) is 0 Å². The lowest BCUT2D eigenvalue weighted by atomic mass is 9.97. The first kappa shape index (κ1) is 15.5. The van der Waals surface area contributed by atoms with Crippen LogP contribution in [0.15, 0.2) is 54.4 Å². The highest BCUT2D eigenvalue weighted by molar-refractivity contribution is 6.32. The van der Waals surface area contributed by atoms with Crippen molar-refractivity contribution in [3.8, 4) is 6.07 Å². The third-order valence-electron chi connectivity index (χ3n) is 3.22. The van der Waals surface area contributed by atoms with E-state index in [0.717, 1.165) is 16.6 Å². The Morgan fingerprint density at radius 2 is 2.09 bits per heavy atom. The number of nitriles is 1. The summed E-state index contributed by atoms with van der Waals surface area (Å²) in [4.78, 5) is 16.3. The van der Waals surface area contributed by atoms with E-state index in [2.05, 4.69) is 10.3 Å². The fourth-order valence-corrected chi connectivity index (χ4v) is 2.07. The molecule has 1 aromatic carbocycles. The van der Waals surface area contributed by atoms with Gasteiger partial charge in [-0.25, -0.2) is 0 Å². The van der Waals surface area contributed by atoms with Gasteiger partial charge in [0.15, 0.2) is 0 Å². The molecule has 0 saturated heterocycles. The maximum atomic E-state index is 12.2. The fourth-order valence-electron chi connectivity index (χ4n) is 2.07. The zero-order valence-corrected chi connectivity index (χ0v) is 12.6. The molecule has 0 fully saturated rings. The van der Waals surface area contributed by atoms with E-state index in [1.54, 1.807) is 18.5 Å². The molecule has 2 rings (SSSR count). The van der Waals surface area contributed by atoms with Gasteiger partial charge in [0.2, 0.25) is 0 Å². The molecule has 1 amide bonds. The average molecular weight is 289 g/mol. The number of rotatable bonds is 4. The smallest absolute Gasteiger partial charge is 0.262 e. The van der Waals surface area contributed by atoms with E-state index in [4.69, 9.17) is 0 Å². The summed E-state index contributed by atoms with van der Waals surface area (Å²) in [6, 6.07) is 13.3. The number of carbonyl (C=O) groups is 1. The molecular weight excluding hydrogens is 273 g/mol. The summed E-state index contributed by atoms with van der Waals surface area (Å²) < 4.78 is 0. The molecule has 0 aliphatic heterocycles. The molecule has 0 aliphatic rings. The molecular formula is C17H16BN3O. The minimum Gasteiger partial charge on any atom is -0.345 e. The van der Waals surface area contributed by atoms with Crippen LogP contribution in [0.25, 0.3) is 6.08 Å². The van der Waals surface area contributed by atoms with Crippen molar-refractivity contribution in [1.82, 2.24) is 10.3 Å². The fraction of sp³-hybridized carbons (Fsp3) is 0.118. The van der Waals surface area contributed by atoms with Crippen molar-refractivity contribution in [2.24, 2.45) is 0 Å². The summed E-state index contributed by atoms with van der Waals surface area (Å²) in [5, 5.41) is 12.0. The Balaban J connectivity index is 2.14. The van der Waals surface area contributed by atoms with Gasteiger partial charge in [-0.1, -0.05) is 41.9 Å². The van der Waals surface area contributed by atoms with Crippen molar-refractivity contribution >= 4 is 25.3 Å². The third-order valence-corrected chi connectivity index (χ3v) is 3.22. The van der Waals surface area contributed by atoms with Crippen LogP contribution < -0.4 is 10.8 Å². The van der Waals surface area contributed by atoms with E-state index in [9.17, 15) is 10.1 Å². The summed E-state index contributed by atoms with van der Waals surface area (Å²) in [6.45, 7) is 1.89. The van der Waals surface area contributed by atoms with Crippen molar-refractivity contribution in [1.29, 1.82) is 5.26 Å². The molecule has 0 aliphatic carbocycles. The van der Waals surface area contributed by atoms with E-state index in [0.29, 0.717) is 0 Å². The van der Waals surface area contributed by atoms with Crippen LogP contribution in [0.5, 0.6) is 0 Å². The zero-order valence-electron chi connectivity index (χ0n) is 12.6. The van der Waals surface area contributed by atoms with Crippen LogP contribution in [-0.2, 0) is 4.79 Å². The second-order valence-electron chi connectivity index (χ2n) is 5.07. The van der Waals surface area contributed by atoms with Crippen LogP contribution in [-0.4, -0.2) is 18.7 Å². The molecule has 108 valence electrons. The first-order valence-electron chi connectivity index (χ1n) is 6.99. The number of nitrogens with zero attached hydrogens (tertiary/aromatic N) is 2. The van der Waals surface area contributed by atoms with Crippen LogP contribution in [0.2, 0.25) is 0 Å². The first-order valence-corrected chi connectivity index (χ1v) is 6.99. The van der Waals surface area contributed by atoms with Crippen LogP contribution >= 0.6 is 0 Å². The van der Waals surface area contributed by atoms with Gasteiger partial charge in [0.05, 0.1) is 6.04 Å². The molecule has 2 aromatic rings. The Morgan fingerprint density at radius 1 is 1.36 bits per heavy atom. The third kappa shape index (κ3) is 4.06. The van der Waals surface area contributed by atoms with Gasteiger partial charge in [-0.3, -0.25) is 9.78 Å². The molecule has 1 heterocycles. The zero-order chi connectivity index (χ0) is 15.9. The molecule has 1 atom stereocenters. The molecule has 22 heavy (non-hydrogen) atoms. The minimum atomic E-state index is -0.389. The average Bonchev–Trinajstić information content (AvgIpc) is 2.53. The van der Waals surface area contributed by atoms with Gasteiger partial charge in [0.1, 0.15) is 19.5 Å². The van der Waals surface area contributed by atoms with E-state index >= 15 is 0 Å². The minimum absolute atomic E-state index is 0.0650. The quantitative estimate of drug-likeness (QED) is 0.521. The maximum absolute atomic E-state index is 12.2. The number of benzene rings is 1. The number of pyridine rings is 1. The normalized spacial score (nSPS) is 12.3. The molecule has 4 nitrogen and oxygen atoms in total. The molecule has 0 radical (unpaired) electrons. The van der Waals surface area contributed by atoms with Gasteiger partial charge in [-0.05, 0) is 24.1 Å². The summed E-state index contributed by atoms with van der Waals surface area (Å²) in [5.41, 5.74) is 2.77. The predicted octanol–water partition coefficient (Wildman–Crippen LogP) is 1.12. The Hall–Kier alpha value is -2.87. The van der Waals surface area contributed by atoms with Crippen molar-refractivity contribution in [2.75, 3.05) is 0 Å². The summed E-state index contributed by atoms with van der Waals surface area (Å²) in [5.74, 6) is -0.389.